The number of thioether (sulfide) groups is 1. The minimum atomic E-state index is -4.05. The first-order valence-electron chi connectivity index (χ1n) is 7.74. The average Bonchev–Trinajstić information content (AvgIpc) is 3.18. The lowest BCUT2D eigenvalue weighted by Crippen LogP contribution is -2.52. The average molecular weight is 415 g/mol. The Hall–Kier alpha value is -2.37. The van der Waals surface area contributed by atoms with Crippen molar-refractivity contribution in [1.82, 2.24) is 15.6 Å². The Balaban J connectivity index is 2.05. The molecule has 8 nitrogen and oxygen atoms in total. The van der Waals surface area contributed by atoms with E-state index in [4.69, 9.17) is 4.42 Å². The van der Waals surface area contributed by atoms with Gasteiger partial charge in [-0.3, -0.25) is 20.4 Å². The Morgan fingerprint density at radius 1 is 1.19 bits per heavy atom. The van der Waals surface area contributed by atoms with Crippen LogP contribution in [0.15, 0.2) is 52.0 Å². The molecule has 1 aromatic heterocycles. The van der Waals surface area contributed by atoms with Crippen LogP contribution < -0.4 is 15.6 Å². The van der Waals surface area contributed by atoms with Gasteiger partial charge in [0.2, 0.25) is 10.0 Å². The molecule has 1 heterocycles. The summed E-state index contributed by atoms with van der Waals surface area (Å²) in [5.41, 5.74) is 4.32. The van der Waals surface area contributed by atoms with Crippen molar-refractivity contribution in [3.8, 4) is 0 Å². The number of halogens is 1. The predicted molar refractivity (Wildman–Crippen MR) is 97.8 cm³/mol. The number of sulfonamides is 1. The Bertz CT molecular complexity index is 870. The van der Waals surface area contributed by atoms with Gasteiger partial charge in [-0.15, -0.1) is 0 Å². The minimum Gasteiger partial charge on any atom is -0.459 e. The van der Waals surface area contributed by atoms with Crippen LogP contribution in [0.5, 0.6) is 0 Å². The van der Waals surface area contributed by atoms with Crippen molar-refractivity contribution in [1.29, 1.82) is 0 Å². The number of hydrazine groups is 1. The van der Waals surface area contributed by atoms with E-state index in [2.05, 4.69) is 15.6 Å². The molecule has 0 fully saturated rings. The molecule has 11 heteroatoms. The fraction of sp³-hybridized carbons (Fsp3) is 0.250. The Labute approximate surface area is 159 Å². The van der Waals surface area contributed by atoms with Crippen LogP contribution in [0, 0.1) is 5.82 Å². The first-order chi connectivity index (χ1) is 12.8. The van der Waals surface area contributed by atoms with E-state index in [-0.39, 0.29) is 17.1 Å². The zero-order valence-corrected chi connectivity index (χ0v) is 15.9. The molecule has 0 aliphatic heterocycles. The number of carbonyl (C=O) groups is 2. The first kappa shape index (κ1) is 20.9. The summed E-state index contributed by atoms with van der Waals surface area (Å²) in [5, 5.41) is 0. The Morgan fingerprint density at radius 2 is 1.89 bits per heavy atom. The van der Waals surface area contributed by atoms with E-state index in [1.54, 1.807) is 0 Å². The summed E-state index contributed by atoms with van der Waals surface area (Å²) in [5.74, 6) is -1.52. The van der Waals surface area contributed by atoms with Crippen LogP contribution in [0.3, 0.4) is 0 Å². The van der Waals surface area contributed by atoms with Crippen molar-refractivity contribution in [2.45, 2.75) is 17.4 Å². The molecule has 1 atom stereocenters. The number of carbonyl (C=O) groups excluding carboxylic acids is 2. The topological polar surface area (TPSA) is 118 Å². The van der Waals surface area contributed by atoms with Gasteiger partial charge < -0.3 is 4.42 Å². The van der Waals surface area contributed by atoms with Crippen LogP contribution in [0.4, 0.5) is 4.39 Å². The predicted octanol–water partition coefficient (Wildman–Crippen LogP) is 1.28. The van der Waals surface area contributed by atoms with Gasteiger partial charge in [0, 0.05) is 0 Å². The summed E-state index contributed by atoms with van der Waals surface area (Å²) < 4.78 is 45.0. The normalized spacial score (nSPS) is 12.4. The number of rotatable bonds is 8. The quantitative estimate of drug-likeness (QED) is 0.559. The van der Waals surface area contributed by atoms with Gasteiger partial charge in [-0.2, -0.15) is 16.5 Å². The number of hydrogen-bond donors (Lipinski definition) is 3. The lowest BCUT2D eigenvalue weighted by molar-refractivity contribution is -0.123. The summed E-state index contributed by atoms with van der Waals surface area (Å²) >= 11 is 1.43. The molecule has 146 valence electrons. The molecule has 0 radical (unpaired) electrons. The van der Waals surface area contributed by atoms with Gasteiger partial charge in [-0.1, -0.05) is 0 Å². The molecule has 1 aromatic carbocycles. The van der Waals surface area contributed by atoms with Crippen molar-refractivity contribution >= 4 is 33.6 Å². The van der Waals surface area contributed by atoms with E-state index in [9.17, 15) is 22.4 Å². The number of amides is 2. The van der Waals surface area contributed by atoms with Crippen molar-refractivity contribution in [2.75, 3.05) is 12.0 Å². The maximum atomic E-state index is 13.0. The highest BCUT2D eigenvalue weighted by molar-refractivity contribution is 7.98. The van der Waals surface area contributed by atoms with Gasteiger partial charge >= 0.3 is 5.91 Å². The van der Waals surface area contributed by atoms with Gasteiger partial charge in [0.15, 0.2) is 5.76 Å². The summed E-state index contributed by atoms with van der Waals surface area (Å²) in [6.07, 6.45) is 3.29. The molecule has 0 aliphatic rings. The van der Waals surface area contributed by atoms with E-state index >= 15 is 0 Å². The largest absolute Gasteiger partial charge is 0.459 e. The highest BCUT2D eigenvalue weighted by Gasteiger charge is 2.26. The number of hydrogen-bond acceptors (Lipinski definition) is 6. The monoisotopic (exact) mass is 415 g/mol. The zero-order chi connectivity index (χ0) is 19.9. The molecule has 2 rings (SSSR count). The highest BCUT2D eigenvalue weighted by Crippen LogP contribution is 2.12. The minimum absolute atomic E-state index is 0.0112. The molecule has 0 aliphatic carbocycles. The van der Waals surface area contributed by atoms with Crippen LogP contribution in [-0.4, -0.2) is 38.3 Å². The number of nitrogens with one attached hydrogen (secondary N) is 3. The molecule has 0 saturated carbocycles. The van der Waals surface area contributed by atoms with E-state index in [0.29, 0.717) is 5.75 Å². The second-order valence-corrected chi connectivity index (χ2v) is 8.03. The molecule has 0 spiro atoms. The summed E-state index contributed by atoms with van der Waals surface area (Å²) in [4.78, 5) is 23.9. The van der Waals surface area contributed by atoms with E-state index < -0.39 is 33.7 Å². The van der Waals surface area contributed by atoms with Crippen molar-refractivity contribution in [3.63, 3.8) is 0 Å². The lowest BCUT2D eigenvalue weighted by Gasteiger charge is -2.18. The molecule has 0 saturated heterocycles. The fourth-order valence-electron chi connectivity index (χ4n) is 2.02. The number of benzene rings is 1. The summed E-state index contributed by atoms with van der Waals surface area (Å²) in [6, 6.07) is 5.99. The van der Waals surface area contributed by atoms with Gasteiger partial charge in [0.05, 0.1) is 11.2 Å². The second kappa shape index (κ2) is 9.53. The van der Waals surface area contributed by atoms with E-state index in [1.165, 1.54) is 30.2 Å². The van der Waals surface area contributed by atoms with Crippen molar-refractivity contribution < 1.29 is 26.8 Å². The zero-order valence-electron chi connectivity index (χ0n) is 14.3. The van der Waals surface area contributed by atoms with Crippen LogP contribution in [0.2, 0.25) is 0 Å². The SMILES string of the molecule is CSCCC(NS(=O)(=O)c1ccc(F)cc1)C(=O)NNC(=O)c1ccco1. The standard InChI is InChI=1S/C16H18FN3O5S2/c1-26-10-8-13(15(21)18-19-16(22)14-3-2-9-25-14)20-27(23,24)12-6-4-11(17)5-7-12/h2-7,9,13,20H,8,10H2,1H3,(H,18,21)(H,19,22). The van der Waals surface area contributed by atoms with Gasteiger partial charge in [0.25, 0.3) is 5.91 Å². The van der Waals surface area contributed by atoms with Crippen LogP contribution in [0.25, 0.3) is 0 Å². The van der Waals surface area contributed by atoms with Crippen LogP contribution >= 0.6 is 11.8 Å². The lowest BCUT2D eigenvalue weighted by atomic mass is 10.2. The third kappa shape index (κ3) is 6.08. The maximum Gasteiger partial charge on any atom is 0.305 e. The van der Waals surface area contributed by atoms with Gasteiger partial charge in [-0.05, 0) is 54.8 Å². The summed E-state index contributed by atoms with van der Waals surface area (Å²) in [6.45, 7) is 0. The second-order valence-electron chi connectivity index (χ2n) is 5.33. The van der Waals surface area contributed by atoms with Crippen LogP contribution in [0.1, 0.15) is 17.0 Å². The molecule has 3 N–H and O–H groups in total. The smallest absolute Gasteiger partial charge is 0.305 e. The Morgan fingerprint density at radius 3 is 2.48 bits per heavy atom. The molecule has 2 aromatic rings. The van der Waals surface area contributed by atoms with Crippen molar-refractivity contribution in [2.24, 2.45) is 0 Å². The van der Waals surface area contributed by atoms with Gasteiger partial charge in [-0.25, -0.2) is 12.8 Å². The number of furan rings is 1. The van der Waals surface area contributed by atoms with Crippen LogP contribution in [-0.2, 0) is 14.8 Å². The van der Waals surface area contributed by atoms with E-state index in [0.717, 1.165) is 24.3 Å². The maximum absolute atomic E-state index is 13.0. The molecule has 2 amide bonds. The Kier molecular flexibility index (Phi) is 7.39. The highest BCUT2D eigenvalue weighted by atomic mass is 32.2. The van der Waals surface area contributed by atoms with Gasteiger partial charge in [0.1, 0.15) is 11.9 Å². The third-order valence-corrected chi connectivity index (χ3v) is 5.52. The first-order valence-corrected chi connectivity index (χ1v) is 10.6. The molecular formula is C16H18FN3O5S2. The molecule has 1 unspecified atom stereocenters. The third-order valence-electron chi connectivity index (χ3n) is 3.39. The van der Waals surface area contributed by atoms with E-state index in [1.807, 2.05) is 6.26 Å². The molecule has 0 bridgehead atoms. The summed E-state index contributed by atoms with van der Waals surface area (Å²) in [7, 11) is -4.05. The fourth-order valence-corrected chi connectivity index (χ4v) is 3.72. The van der Waals surface area contributed by atoms with Crippen molar-refractivity contribution in [3.05, 3.63) is 54.2 Å². The molecular weight excluding hydrogens is 397 g/mol. The molecule has 27 heavy (non-hydrogen) atoms.